The van der Waals surface area contributed by atoms with Crippen LogP contribution in [0.25, 0.3) is 0 Å². The quantitative estimate of drug-likeness (QED) is 0.660. The first-order valence-electron chi connectivity index (χ1n) is 4.69. The Kier molecular flexibility index (Phi) is 3.81. The minimum Gasteiger partial charge on any atom is -0.480 e. The number of aryl methyl sites for hydroxylation is 1. The van der Waals surface area contributed by atoms with Crippen molar-refractivity contribution >= 4 is 17.9 Å². The van der Waals surface area contributed by atoms with E-state index >= 15 is 0 Å². The Labute approximate surface area is 91.7 Å². The van der Waals surface area contributed by atoms with E-state index in [0.717, 1.165) is 0 Å². The van der Waals surface area contributed by atoms with E-state index in [1.54, 1.807) is 14.0 Å². The average molecular weight is 227 g/mol. The predicted molar refractivity (Wildman–Crippen MR) is 54.9 cm³/mol. The summed E-state index contributed by atoms with van der Waals surface area (Å²) in [5.74, 6) is -0.826. The van der Waals surface area contributed by atoms with Gasteiger partial charge in [0.25, 0.3) is 0 Å². The molecule has 0 aromatic carbocycles. The van der Waals surface area contributed by atoms with Gasteiger partial charge >= 0.3 is 12.0 Å². The average Bonchev–Trinajstić information content (AvgIpc) is 2.60. The van der Waals surface area contributed by atoms with Crippen LogP contribution < -0.4 is 10.6 Å². The van der Waals surface area contributed by atoms with Crippen LogP contribution in [0.15, 0.2) is 6.33 Å². The summed E-state index contributed by atoms with van der Waals surface area (Å²) < 4.78 is 1.36. The van der Waals surface area contributed by atoms with Crippen molar-refractivity contribution < 1.29 is 14.7 Å². The number of carboxylic acids is 1. The molecule has 8 nitrogen and oxygen atoms in total. The Bertz CT molecular complexity index is 389. The van der Waals surface area contributed by atoms with Crippen molar-refractivity contribution in [1.29, 1.82) is 0 Å². The number of rotatable bonds is 4. The van der Waals surface area contributed by atoms with Crippen LogP contribution in [0.2, 0.25) is 0 Å². The van der Waals surface area contributed by atoms with Gasteiger partial charge in [0, 0.05) is 7.05 Å². The van der Waals surface area contributed by atoms with Crippen molar-refractivity contribution in [1.82, 2.24) is 20.1 Å². The van der Waals surface area contributed by atoms with Crippen LogP contribution in [-0.4, -0.2) is 37.9 Å². The second-order valence-electron chi connectivity index (χ2n) is 3.10. The van der Waals surface area contributed by atoms with Gasteiger partial charge in [-0.2, -0.15) is 10.1 Å². The van der Waals surface area contributed by atoms with Crippen molar-refractivity contribution in [2.45, 2.75) is 19.4 Å². The molecule has 1 aromatic heterocycles. The predicted octanol–water partition coefficient (Wildman–Crippen LogP) is -0.200. The highest BCUT2D eigenvalue weighted by molar-refractivity contribution is 5.90. The van der Waals surface area contributed by atoms with Crippen molar-refractivity contribution in [2.24, 2.45) is 7.05 Å². The smallest absolute Gasteiger partial charge is 0.326 e. The lowest BCUT2D eigenvalue weighted by Gasteiger charge is -2.12. The molecule has 0 aliphatic heterocycles. The molecular formula is C8H13N5O3. The SMILES string of the molecule is CC[C@H](NC(=O)Nc1ncnn1C)C(=O)O. The highest BCUT2D eigenvalue weighted by Crippen LogP contribution is 1.98. The fraction of sp³-hybridized carbons (Fsp3) is 0.500. The van der Waals surface area contributed by atoms with Crippen LogP contribution in [0, 0.1) is 0 Å². The van der Waals surface area contributed by atoms with Crippen molar-refractivity contribution in [2.75, 3.05) is 5.32 Å². The Morgan fingerprint density at radius 2 is 2.31 bits per heavy atom. The first-order valence-corrected chi connectivity index (χ1v) is 4.69. The number of aliphatic carboxylic acids is 1. The highest BCUT2D eigenvalue weighted by atomic mass is 16.4. The summed E-state index contributed by atoms with van der Waals surface area (Å²) in [7, 11) is 1.61. The van der Waals surface area contributed by atoms with E-state index < -0.39 is 18.0 Å². The highest BCUT2D eigenvalue weighted by Gasteiger charge is 2.18. The topological polar surface area (TPSA) is 109 Å². The minimum atomic E-state index is -1.07. The normalized spacial score (nSPS) is 11.9. The Morgan fingerprint density at radius 3 is 2.75 bits per heavy atom. The zero-order chi connectivity index (χ0) is 12.1. The van der Waals surface area contributed by atoms with E-state index in [2.05, 4.69) is 20.7 Å². The first-order chi connectivity index (χ1) is 7.54. The maximum Gasteiger partial charge on any atom is 0.326 e. The van der Waals surface area contributed by atoms with E-state index in [1.807, 2.05) is 0 Å². The second kappa shape index (κ2) is 5.10. The van der Waals surface area contributed by atoms with Crippen molar-refractivity contribution in [3.8, 4) is 0 Å². The van der Waals surface area contributed by atoms with Gasteiger partial charge in [0.1, 0.15) is 12.4 Å². The van der Waals surface area contributed by atoms with Crippen LogP contribution >= 0.6 is 0 Å². The van der Waals surface area contributed by atoms with Crippen LogP contribution in [0.3, 0.4) is 0 Å². The molecule has 0 saturated carbocycles. The first kappa shape index (κ1) is 12.0. The van der Waals surface area contributed by atoms with Crippen molar-refractivity contribution in [3.05, 3.63) is 6.33 Å². The zero-order valence-corrected chi connectivity index (χ0v) is 8.97. The molecule has 0 bridgehead atoms. The van der Waals surface area contributed by atoms with Gasteiger partial charge < -0.3 is 10.4 Å². The number of carbonyl (C=O) groups is 2. The maximum absolute atomic E-state index is 11.4. The molecule has 0 fully saturated rings. The number of urea groups is 1. The molecule has 3 N–H and O–H groups in total. The monoisotopic (exact) mass is 227 g/mol. The molecule has 88 valence electrons. The van der Waals surface area contributed by atoms with E-state index in [9.17, 15) is 9.59 Å². The zero-order valence-electron chi connectivity index (χ0n) is 8.97. The molecule has 0 saturated heterocycles. The molecule has 0 unspecified atom stereocenters. The molecule has 1 aromatic rings. The standard InChI is InChI=1S/C8H13N5O3/c1-3-5(6(14)15)11-8(16)12-7-9-4-10-13(7)2/h4-5H,3H2,1-2H3,(H,14,15)(H2,9,10,11,12,16)/t5-/m0/s1. The number of carboxylic acid groups (broad SMARTS) is 1. The summed E-state index contributed by atoms with van der Waals surface area (Å²) in [6.45, 7) is 1.67. The molecular weight excluding hydrogens is 214 g/mol. The second-order valence-corrected chi connectivity index (χ2v) is 3.10. The third-order valence-electron chi connectivity index (χ3n) is 1.95. The molecule has 0 radical (unpaired) electrons. The van der Waals surface area contributed by atoms with Gasteiger partial charge in [-0.25, -0.2) is 14.3 Å². The number of hydrogen-bond donors (Lipinski definition) is 3. The van der Waals surface area contributed by atoms with Gasteiger partial charge in [-0.15, -0.1) is 0 Å². The van der Waals surface area contributed by atoms with E-state index in [1.165, 1.54) is 11.0 Å². The van der Waals surface area contributed by atoms with Gasteiger partial charge in [-0.3, -0.25) is 5.32 Å². The number of amides is 2. The molecule has 1 rings (SSSR count). The summed E-state index contributed by atoms with van der Waals surface area (Å²) in [4.78, 5) is 25.8. The van der Waals surface area contributed by atoms with Gasteiger partial charge in [-0.05, 0) is 6.42 Å². The Morgan fingerprint density at radius 1 is 1.62 bits per heavy atom. The van der Waals surface area contributed by atoms with Crippen molar-refractivity contribution in [3.63, 3.8) is 0 Å². The minimum absolute atomic E-state index is 0.248. The van der Waals surface area contributed by atoms with Gasteiger partial charge in [0.15, 0.2) is 0 Å². The summed E-state index contributed by atoms with van der Waals surface area (Å²) in [6.07, 6.45) is 1.59. The molecule has 0 aliphatic rings. The molecule has 2 amide bonds. The third kappa shape index (κ3) is 2.94. The maximum atomic E-state index is 11.4. The Balaban J connectivity index is 2.54. The number of carbonyl (C=O) groups excluding carboxylic acids is 1. The summed E-state index contributed by atoms with van der Waals surface area (Å²) in [5, 5.41) is 17.2. The third-order valence-corrected chi connectivity index (χ3v) is 1.95. The fourth-order valence-corrected chi connectivity index (χ4v) is 1.04. The number of anilines is 1. The Hall–Kier alpha value is -2.12. The number of hydrogen-bond acceptors (Lipinski definition) is 4. The molecule has 16 heavy (non-hydrogen) atoms. The lowest BCUT2D eigenvalue weighted by Crippen LogP contribution is -2.42. The number of nitrogens with zero attached hydrogens (tertiary/aromatic N) is 3. The van der Waals surface area contributed by atoms with Gasteiger partial charge in [0.2, 0.25) is 5.95 Å². The van der Waals surface area contributed by atoms with E-state index in [0.29, 0.717) is 6.42 Å². The molecule has 0 aliphatic carbocycles. The van der Waals surface area contributed by atoms with Crippen LogP contribution in [0.5, 0.6) is 0 Å². The summed E-state index contributed by atoms with van der Waals surface area (Å²) in [6, 6.07) is -1.53. The van der Waals surface area contributed by atoms with Crippen LogP contribution in [0.4, 0.5) is 10.7 Å². The molecule has 0 spiro atoms. The van der Waals surface area contributed by atoms with E-state index in [-0.39, 0.29) is 5.95 Å². The summed E-state index contributed by atoms with van der Waals surface area (Å²) in [5.41, 5.74) is 0. The number of aromatic nitrogens is 3. The molecule has 1 heterocycles. The van der Waals surface area contributed by atoms with Gasteiger partial charge in [-0.1, -0.05) is 6.92 Å². The summed E-state index contributed by atoms with van der Waals surface area (Å²) >= 11 is 0. The van der Waals surface area contributed by atoms with Gasteiger partial charge in [0.05, 0.1) is 0 Å². The molecule has 1 atom stereocenters. The molecule has 8 heteroatoms. The fourth-order valence-electron chi connectivity index (χ4n) is 1.04. The van der Waals surface area contributed by atoms with Crippen LogP contribution in [0.1, 0.15) is 13.3 Å². The van der Waals surface area contributed by atoms with E-state index in [4.69, 9.17) is 5.11 Å². The number of nitrogens with one attached hydrogen (secondary N) is 2. The van der Waals surface area contributed by atoms with Crippen LogP contribution in [-0.2, 0) is 11.8 Å². The largest absolute Gasteiger partial charge is 0.480 e. The lowest BCUT2D eigenvalue weighted by molar-refractivity contribution is -0.139. The lowest BCUT2D eigenvalue weighted by atomic mass is 10.2.